The highest BCUT2D eigenvalue weighted by molar-refractivity contribution is 7.99. The van der Waals surface area contributed by atoms with E-state index in [9.17, 15) is 9.59 Å². The second-order valence-electron chi connectivity index (χ2n) is 4.38. The maximum atomic E-state index is 11.4. The Hall–Kier alpha value is -2.16. The van der Waals surface area contributed by atoms with Crippen LogP contribution < -0.4 is 16.4 Å². The van der Waals surface area contributed by atoms with E-state index < -0.39 is 11.1 Å². The van der Waals surface area contributed by atoms with Crippen LogP contribution in [-0.4, -0.2) is 31.3 Å². The van der Waals surface area contributed by atoms with Gasteiger partial charge in [-0.1, -0.05) is 0 Å². The Labute approximate surface area is 125 Å². The number of aromatic nitrogens is 5. The highest BCUT2D eigenvalue weighted by atomic mass is 32.2. The minimum Gasteiger partial charge on any atom is -0.370 e. The molecular formula is C12H16N6O2S. The second kappa shape index (κ2) is 6.08. The Balaban J connectivity index is 2.47. The molecule has 0 bridgehead atoms. The Kier molecular flexibility index (Phi) is 4.41. The molecule has 0 saturated heterocycles. The standard InChI is InChI=1S/C12H16N6O2S/c1-5-13-8-6(2)11(15-7(3)14-8)21-12-16-9(19)10(20)17-18(12)4/h5H2,1-4H3,(H,17,20)(H,13,14,15). The van der Waals surface area contributed by atoms with Gasteiger partial charge in [0, 0.05) is 19.2 Å². The molecule has 0 spiro atoms. The number of aryl methyl sites for hydroxylation is 2. The molecule has 0 aromatic carbocycles. The number of H-pyrrole nitrogens is 1. The zero-order valence-corrected chi connectivity index (χ0v) is 13.0. The Morgan fingerprint density at radius 3 is 2.62 bits per heavy atom. The molecule has 2 aromatic rings. The summed E-state index contributed by atoms with van der Waals surface area (Å²) in [6.45, 7) is 6.42. The third kappa shape index (κ3) is 3.30. The molecule has 8 nitrogen and oxygen atoms in total. The van der Waals surface area contributed by atoms with E-state index in [1.54, 1.807) is 14.0 Å². The van der Waals surface area contributed by atoms with Crippen molar-refractivity contribution in [2.24, 2.45) is 7.05 Å². The molecule has 2 heterocycles. The van der Waals surface area contributed by atoms with Crippen LogP contribution in [0, 0.1) is 13.8 Å². The normalized spacial score (nSPS) is 10.7. The summed E-state index contributed by atoms with van der Waals surface area (Å²) in [6, 6.07) is 0. The summed E-state index contributed by atoms with van der Waals surface area (Å²) in [4.78, 5) is 35.1. The lowest BCUT2D eigenvalue weighted by molar-refractivity contribution is 0.596. The van der Waals surface area contributed by atoms with Crippen LogP contribution in [0.4, 0.5) is 5.82 Å². The summed E-state index contributed by atoms with van der Waals surface area (Å²) in [5.41, 5.74) is -0.690. The first-order chi connectivity index (χ1) is 9.92. The molecule has 0 saturated carbocycles. The van der Waals surface area contributed by atoms with Gasteiger partial charge in [-0.2, -0.15) is 4.98 Å². The number of nitrogens with one attached hydrogen (secondary N) is 2. The lowest BCUT2D eigenvalue weighted by Gasteiger charge is -2.12. The van der Waals surface area contributed by atoms with Gasteiger partial charge in [0.1, 0.15) is 16.7 Å². The monoisotopic (exact) mass is 308 g/mol. The van der Waals surface area contributed by atoms with Crippen molar-refractivity contribution in [2.45, 2.75) is 31.0 Å². The summed E-state index contributed by atoms with van der Waals surface area (Å²) < 4.78 is 1.40. The zero-order valence-electron chi connectivity index (χ0n) is 12.2. The number of hydrogen-bond acceptors (Lipinski definition) is 7. The van der Waals surface area contributed by atoms with Crippen LogP contribution in [0.2, 0.25) is 0 Å². The van der Waals surface area contributed by atoms with Crippen LogP contribution in [-0.2, 0) is 7.05 Å². The highest BCUT2D eigenvalue weighted by Crippen LogP contribution is 2.28. The van der Waals surface area contributed by atoms with Gasteiger partial charge in [0.2, 0.25) is 0 Å². The topological polar surface area (TPSA) is 106 Å². The zero-order chi connectivity index (χ0) is 15.6. The maximum Gasteiger partial charge on any atom is 0.339 e. The van der Waals surface area contributed by atoms with E-state index in [1.165, 1.54) is 16.4 Å². The van der Waals surface area contributed by atoms with Crippen molar-refractivity contribution in [1.82, 2.24) is 24.7 Å². The number of rotatable bonds is 4. The van der Waals surface area contributed by atoms with E-state index in [-0.39, 0.29) is 0 Å². The van der Waals surface area contributed by atoms with E-state index in [0.717, 1.165) is 17.9 Å². The maximum absolute atomic E-state index is 11.4. The first-order valence-corrected chi connectivity index (χ1v) is 7.18. The first kappa shape index (κ1) is 15.2. The van der Waals surface area contributed by atoms with Crippen molar-refractivity contribution >= 4 is 17.6 Å². The van der Waals surface area contributed by atoms with Gasteiger partial charge in [0.05, 0.1) is 0 Å². The van der Waals surface area contributed by atoms with Crippen LogP contribution in [0.3, 0.4) is 0 Å². The van der Waals surface area contributed by atoms with Gasteiger partial charge in [-0.05, 0) is 32.5 Å². The molecule has 0 radical (unpaired) electrons. The molecule has 112 valence electrons. The third-order valence-electron chi connectivity index (χ3n) is 2.69. The molecule has 0 atom stereocenters. The second-order valence-corrected chi connectivity index (χ2v) is 5.34. The fourth-order valence-corrected chi connectivity index (χ4v) is 2.59. The molecule has 0 amide bonds. The van der Waals surface area contributed by atoms with Gasteiger partial charge in [-0.25, -0.2) is 9.97 Å². The van der Waals surface area contributed by atoms with Gasteiger partial charge < -0.3 is 5.32 Å². The molecule has 0 fully saturated rings. The minimum absolute atomic E-state index is 0.364. The van der Waals surface area contributed by atoms with Crippen molar-refractivity contribution in [3.8, 4) is 0 Å². The van der Waals surface area contributed by atoms with Gasteiger partial charge in [0.15, 0.2) is 5.16 Å². The highest BCUT2D eigenvalue weighted by Gasteiger charge is 2.13. The molecule has 2 N–H and O–H groups in total. The summed E-state index contributed by atoms with van der Waals surface area (Å²) in [5, 5.41) is 6.63. The smallest absolute Gasteiger partial charge is 0.339 e. The molecule has 0 aliphatic carbocycles. The molecular weight excluding hydrogens is 292 g/mol. The van der Waals surface area contributed by atoms with Gasteiger partial charge in [-0.3, -0.25) is 19.4 Å². The molecule has 0 aliphatic heterocycles. The number of hydrogen-bond donors (Lipinski definition) is 2. The van der Waals surface area contributed by atoms with E-state index >= 15 is 0 Å². The summed E-state index contributed by atoms with van der Waals surface area (Å²) in [5.74, 6) is 1.37. The average molecular weight is 308 g/mol. The van der Waals surface area contributed by atoms with Gasteiger partial charge >= 0.3 is 11.1 Å². The van der Waals surface area contributed by atoms with Gasteiger partial charge in [0.25, 0.3) is 0 Å². The first-order valence-electron chi connectivity index (χ1n) is 6.36. The molecule has 0 unspecified atom stereocenters. The van der Waals surface area contributed by atoms with Crippen LogP contribution >= 0.6 is 11.8 Å². The largest absolute Gasteiger partial charge is 0.370 e. The van der Waals surface area contributed by atoms with Crippen LogP contribution in [0.1, 0.15) is 18.3 Å². The number of nitrogens with zero attached hydrogens (tertiary/aromatic N) is 4. The molecule has 9 heteroatoms. The van der Waals surface area contributed by atoms with Gasteiger partial charge in [-0.15, -0.1) is 0 Å². The van der Waals surface area contributed by atoms with Crippen molar-refractivity contribution in [3.05, 3.63) is 32.1 Å². The Morgan fingerprint density at radius 1 is 1.24 bits per heavy atom. The van der Waals surface area contributed by atoms with Crippen LogP contribution in [0.25, 0.3) is 0 Å². The molecule has 2 aromatic heterocycles. The average Bonchev–Trinajstić information content (AvgIpc) is 2.41. The molecule has 2 rings (SSSR count). The van der Waals surface area contributed by atoms with E-state index in [2.05, 4.69) is 25.4 Å². The predicted octanol–water partition coefficient (Wildman–Crippen LogP) is 0.458. The lowest BCUT2D eigenvalue weighted by Crippen LogP contribution is -2.33. The Morgan fingerprint density at radius 2 is 1.95 bits per heavy atom. The quantitative estimate of drug-likeness (QED) is 0.624. The fourth-order valence-electron chi connectivity index (χ4n) is 1.68. The summed E-state index contributed by atoms with van der Waals surface area (Å²) in [7, 11) is 1.62. The number of anilines is 1. The van der Waals surface area contributed by atoms with E-state index in [4.69, 9.17) is 0 Å². The Bertz CT molecular complexity index is 782. The summed E-state index contributed by atoms with van der Waals surface area (Å²) >= 11 is 1.21. The third-order valence-corrected chi connectivity index (χ3v) is 3.83. The van der Waals surface area contributed by atoms with Crippen molar-refractivity contribution < 1.29 is 0 Å². The molecule has 21 heavy (non-hydrogen) atoms. The van der Waals surface area contributed by atoms with Crippen molar-refractivity contribution in [3.63, 3.8) is 0 Å². The summed E-state index contributed by atoms with van der Waals surface area (Å²) in [6.07, 6.45) is 0. The van der Waals surface area contributed by atoms with E-state index in [0.29, 0.717) is 16.0 Å². The predicted molar refractivity (Wildman–Crippen MR) is 79.9 cm³/mol. The SMILES string of the molecule is CCNc1nc(C)nc(Sc2nc(=O)c(=O)[nH]n2C)c1C. The van der Waals surface area contributed by atoms with Crippen LogP contribution in [0.15, 0.2) is 19.8 Å². The minimum atomic E-state index is -0.814. The fraction of sp³-hybridized carbons (Fsp3) is 0.417. The van der Waals surface area contributed by atoms with Crippen molar-refractivity contribution in [1.29, 1.82) is 0 Å². The van der Waals surface area contributed by atoms with Crippen LogP contribution in [0.5, 0.6) is 0 Å². The van der Waals surface area contributed by atoms with E-state index in [1.807, 2.05) is 13.8 Å². The lowest BCUT2D eigenvalue weighted by atomic mass is 10.3. The number of aromatic amines is 1. The van der Waals surface area contributed by atoms with Crippen molar-refractivity contribution in [2.75, 3.05) is 11.9 Å². The molecule has 0 aliphatic rings.